The Morgan fingerprint density at radius 1 is 1.36 bits per heavy atom. The van der Waals surface area contributed by atoms with Gasteiger partial charge in [0, 0.05) is 13.0 Å². The van der Waals surface area contributed by atoms with Crippen LogP contribution in [0.1, 0.15) is 38.8 Å². The smallest absolute Gasteiger partial charge is 0.408 e. The summed E-state index contributed by atoms with van der Waals surface area (Å²) in [5.41, 5.74) is -0.617. The summed E-state index contributed by atoms with van der Waals surface area (Å²) in [6, 6.07) is 0. The third-order valence-corrected chi connectivity index (χ3v) is 3.29. The van der Waals surface area contributed by atoms with Gasteiger partial charge < -0.3 is 14.6 Å². The lowest BCUT2D eigenvalue weighted by atomic mass is 9.97. The molecule has 0 spiro atoms. The zero-order valence-corrected chi connectivity index (χ0v) is 12.7. The molecule has 22 heavy (non-hydrogen) atoms. The van der Waals surface area contributed by atoms with E-state index in [4.69, 9.17) is 4.74 Å². The number of hydrogen-bond acceptors (Lipinski definition) is 4. The molecule has 0 aliphatic carbocycles. The lowest BCUT2D eigenvalue weighted by Gasteiger charge is -2.25. The molecule has 9 heteroatoms. The molecule has 0 aromatic carbocycles. The van der Waals surface area contributed by atoms with Crippen molar-refractivity contribution in [3.05, 3.63) is 11.6 Å². The Labute approximate surface area is 126 Å². The SMILES string of the molecule is CC(C)(C)OC(=O)NCc1nnc2n1CCC(C(F)(F)F)C2. The zero-order valence-electron chi connectivity index (χ0n) is 12.7. The number of halogens is 3. The van der Waals surface area contributed by atoms with Crippen molar-refractivity contribution in [2.75, 3.05) is 0 Å². The maximum Gasteiger partial charge on any atom is 0.408 e. The number of alkyl carbamates (subject to hydrolysis) is 1. The largest absolute Gasteiger partial charge is 0.444 e. The van der Waals surface area contributed by atoms with E-state index >= 15 is 0 Å². The third kappa shape index (κ3) is 4.11. The molecule has 0 bridgehead atoms. The molecule has 1 unspecified atom stereocenters. The standard InChI is InChI=1S/C13H19F3N4O2/c1-12(2,3)22-11(21)17-7-10-19-18-9-6-8(13(14,15)16)4-5-20(9)10/h8H,4-7H2,1-3H3,(H,17,21). The van der Waals surface area contributed by atoms with Crippen LogP contribution in [0.3, 0.4) is 0 Å². The lowest BCUT2D eigenvalue weighted by Crippen LogP contribution is -2.34. The molecule has 0 saturated heterocycles. The number of amides is 1. The van der Waals surface area contributed by atoms with E-state index in [2.05, 4.69) is 15.5 Å². The molecule has 2 rings (SSSR count). The number of nitrogens with zero attached hydrogens (tertiary/aromatic N) is 3. The zero-order chi connectivity index (χ0) is 16.5. The molecule has 6 nitrogen and oxygen atoms in total. The van der Waals surface area contributed by atoms with Gasteiger partial charge in [-0.2, -0.15) is 13.2 Å². The maximum absolute atomic E-state index is 12.7. The molecule has 0 fully saturated rings. The van der Waals surface area contributed by atoms with Crippen molar-refractivity contribution in [3.8, 4) is 0 Å². The van der Waals surface area contributed by atoms with Gasteiger partial charge in [-0.3, -0.25) is 0 Å². The van der Waals surface area contributed by atoms with Crippen LogP contribution in [0, 0.1) is 5.92 Å². The molecule has 1 N–H and O–H groups in total. The van der Waals surface area contributed by atoms with Crippen LogP contribution in [0.15, 0.2) is 0 Å². The topological polar surface area (TPSA) is 69.0 Å². The monoisotopic (exact) mass is 320 g/mol. The van der Waals surface area contributed by atoms with Gasteiger partial charge in [0.1, 0.15) is 11.4 Å². The van der Waals surface area contributed by atoms with E-state index in [1.165, 1.54) is 0 Å². The first-order chi connectivity index (χ1) is 10.1. The van der Waals surface area contributed by atoms with Gasteiger partial charge in [0.2, 0.25) is 0 Å². The molecule has 1 amide bonds. The summed E-state index contributed by atoms with van der Waals surface area (Å²) < 4.78 is 44.9. The van der Waals surface area contributed by atoms with Crippen LogP contribution in [0.2, 0.25) is 0 Å². The van der Waals surface area contributed by atoms with Gasteiger partial charge in [-0.25, -0.2) is 4.79 Å². The van der Waals surface area contributed by atoms with Crippen LogP contribution in [0.5, 0.6) is 0 Å². The summed E-state index contributed by atoms with van der Waals surface area (Å²) >= 11 is 0. The Morgan fingerprint density at radius 3 is 2.64 bits per heavy atom. The van der Waals surface area contributed by atoms with Gasteiger partial charge in [-0.05, 0) is 27.2 Å². The van der Waals surface area contributed by atoms with Gasteiger partial charge in [-0.15, -0.1) is 10.2 Å². The molecule has 1 aliphatic heterocycles. The molecule has 1 aromatic heterocycles. The number of ether oxygens (including phenoxy) is 1. The molecule has 0 saturated carbocycles. The van der Waals surface area contributed by atoms with E-state index in [-0.39, 0.29) is 25.9 Å². The summed E-state index contributed by atoms with van der Waals surface area (Å²) in [6.07, 6.45) is -5.00. The Balaban J connectivity index is 1.96. The minimum absolute atomic E-state index is 0.00597. The normalized spacial score (nSPS) is 18.7. The Hall–Kier alpha value is -1.80. The fourth-order valence-corrected chi connectivity index (χ4v) is 2.26. The van der Waals surface area contributed by atoms with E-state index < -0.39 is 23.8 Å². The van der Waals surface area contributed by atoms with Gasteiger partial charge >= 0.3 is 12.3 Å². The van der Waals surface area contributed by atoms with E-state index in [9.17, 15) is 18.0 Å². The highest BCUT2D eigenvalue weighted by molar-refractivity contribution is 5.67. The van der Waals surface area contributed by atoms with E-state index in [0.717, 1.165) is 0 Å². The van der Waals surface area contributed by atoms with Crippen molar-refractivity contribution < 1.29 is 22.7 Å². The number of carbonyl (C=O) groups is 1. The molecule has 0 radical (unpaired) electrons. The first kappa shape index (κ1) is 16.6. The lowest BCUT2D eigenvalue weighted by molar-refractivity contribution is -0.179. The number of rotatable bonds is 2. The van der Waals surface area contributed by atoms with Crippen molar-refractivity contribution in [1.29, 1.82) is 0 Å². The van der Waals surface area contributed by atoms with Crippen LogP contribution in [-0.2, 0) is 24.2 Å². The number of hydrogen-bond donors (Lipinski definition) is 1. The quantitative estimate of drug-likeness (QED) is 0.908. The van der Waals surface area contributed by atoms with Crippen molar-refractivity contribution in [1.82, 2.24) is 20.1 Å². The number of alkyl halides is 3. The summed E-state index contributed by atoms with van der Waals surface area (Å²) in [4.78, 5) is 11.6. The molecule has 1 atom stereocenters. The Kier molecular flexibility index (Phi) is 4.35. The van der Waals surface area contributed by atoms with Gasteiger partial charge in [0.05, 0.1) is 12.5 Å². The van der Waals surface area contributed by atoms with Gasteiger partial charge in [0.15, 0.2) is 5.82 Å². The molecule has 1 aromatic rings. The second-order valence-corrected chi connectivity index (χ2v) is 6.27. The molecular weight excluding hydrogens is 301 g/mol. The maximum atomic E-state index is 12.7. The van der Waals surface area contributed by atoms with Gasteiger partial charge in [-0.1, -0.05) is 0 Å². The molecular formula is C13H19F3N4O2. The first-order valence-corrected chi connectivity index (χ1v) is 7.01. The second-order valence-electron chi connectivity index (χ2n) is 6.27. The minimum Gasteiger partial charge on any atom is -0.444 e. The summed E-state index contributed by atoms with van der Waals surface area (Å²) in [6.45, 7) is 5.48. The van der Waals surface area contributed by atoms with Crippen LogP contribution in [0.4, 0.5) is 18.0 Å². The van der Waals surface area contributed by atoms with Crippen LogP contribution in [0.25, 0.3) is 0 Å². The highest BCUT2D eigenvalue weighted by Crippen LogP contribution is 2.34. The number of aromatic nitrogens is 3. The Bertz CT molecular complexity index is 548. The van der Waals surface area contributed by atoms with Gasteiger partial charge in [0.25, 0.3) is 0 Å². The van der Waals surface area contributed by atoms with Crippen LogP contribution < -0.4 is 5.32 Å². The number of fused-ring (bicyclic) bond motifs is 1. The summed E-state index contributed by atoms with van der Waals surface area (Å²) in [7, 11) is 0. The van der Waals surface area contributed by atoms with E-state index in [1.807, 2.05) is 0 Å². The predicted octanol–water partition coefficient (Wildman–Crippen LogP) is 2.43. The van der Waals surface area contributed by atoms with Crippen LogP contribution >= 0.6 is 0 Å². The predicted molar refractivity (Wildman–Crippen MR) is 71.0 cm³/mol. The number of carbonyl (C=O) groups excluding carboxylic acids is 1. The Morgan fingerprint density at radius 2 is 2.05 bits per heavy atom. The van der Waals surface area contributed by atoms with Crippen molar-refractivity contribution in [2.45, 2.75) is 58.5 Å². The first-order valence-electron chi connectivity index (χ1n) is 7.01. The average Bonchev–Trinajstić information content (AvgIpc) is 2.75. The van der Waals surface area contributed by atoms with E-state index in [1.54, 1.807) is 25.3 Å². The summed E-state index contributed by atoms with van der Waals surface area (Å²) in [5, 5.41) is 10.2. The van der Waals surface area contributed by atoms with E-state index in [0.29, 0.717) is 11.6 Å². The molecule has 124 valence electrons. The van der Waals surface area contributed by atoms with Crippen molar-refractivity contribution in [3.63, 3.8) is 0 Å². The molecule has 2 heterocycles. The second kappa shape index (κ2) is 5.77. The number of nitrogens with one attached hydrogen (secondary N) is 1. The van der Waals surface area contributed by atoms with Crippen molar-refractivity contribution >= 4 is 6.09 Å². The highest BCUT2D eigenvalue weighted by Gasteiger charge is 2.42. The van der Waals surface area contributed by atoms with Crippen LogP contribution in [-0.4, -0.2) is 32.6 Å². The van der Waals surface area contributed by atoms with Crippen molar-refractivity contribution in [2.24, 2.45) is 5.92 Å². The average molecular weight is 320 g/mol. The fourth-order valence-electron chi connectivity index (χ4n) is 2.26. The highest BCUT2D eigenvalue weighted by atomic mass is 19.4. The fraction of sp³-hybridized carbons (Fsp3) is 0.769. The molecule has 1 aliphatic rings. The third-order valence-electron chi connectivity index (χ3n) is 3.29. The minimum atomic E-state index is -4.22. The summed E-state index contributed by atoms with van der Waals surface area (Å²) in [5.74, 6) is -0.646.